The van der Waals surface area contributed by atoms with Gasteiger partial charge in [-0.15, -0.1) is 0 Å². The second-order valence-corrected chi connectivity index (χ2v) is 6.13. The van der Waals surface area contributed by atoms with E-state index in [-0.39, 0.29) is 17.3 Å². The maximum absolute atomic E-state index is 12.1. The molecule has 0 bridgehead atoms. The Hall–Kier alpha value is -3.62. The van der Waals surface area contributed by atoms with Gasteiger partial charge in [-0.25, -0.2) is 0 Å². The molecule has 0 unspecified atom stereocenters. The fourth-order valence-corrected chi connectivity index (χ4v) is 2.49. The molecule has 154 valence electrons. The summed E-state index contributed by atoms with van der Waals surface area (Å²) >= 11 is 0. The van der Waals surface area contributed by atoms with E-state index in [0.717, 1.165) is 12.8 Å². The molecule has 0 spiro atoms. The van der Waals surface area contributed by atoms with Crippen LogP contribution in [0.5, 0.6) is 11.5 Å². The molecule has 0 aliphatic rings. The van der Waals surface area contributed by atoms with Crippen LogP contribution in [0.1, 0.15) is 26.2 Å². The number of rotatable bonds is 10. The molecule has 0 aliphatic heterocycles. The number of unbranched alkanes of at least 4 members (excludes halogenated alkanes) is 1. The molecule has 0 saturated heterocycles. The monoisotopic (exact) mass is 401 g/mol. The van der Waals surface area contributed by atoms with E-state index in [1.54, 1.807) is 24.3 Å². The number of nitro benzene ring substituents is 1. The standard InChI is InChI=1S/C20H23N3O6/c1-3-4-9-19(24)22-15-11-10-14(12-18(15)28-2)21-20(25)13-29-17-8-6-5-7-16(17)23(26)27/h5-8,10-12H,3-4,9,13H2,1-2H3,(H,21,25)(H,22,24). The number of amides is 2. The van der Waals surface area contributed by atoms with Crippen molar-refractivity contribution < 1.29 is 24.0 Å². The van der Waals surface area contributed by atoms with E-state index >= 15 is 0 Å². The molecule has 0 atom stereocenters. The van der Waals surface area contributed by atoms with Gasteiger partial charge >= 0.3 is 5.69 Å². The Morgan fingerprint density at radius 2 is 1.83 bits per heavy atom. The van der Waals surface area contributed by atoms with Gasteiger partial charge in [0.25, 0.3) is 5.91 Å². The highest BCUT2D eigenvalue weighted by atomic mass is 16.6. The highest BCUT2D eigenvalue weighted by Crippen LogP contribution is 2.29. The zero-order chi connectivity index (χ0) is 21.2. The number of para-hydroxylation sites is 2. The molecule has 9 nitrogen and oxygen atoms in total. The average Bonchev–Trinajstić information content (AvgIpc) is 2.71. The Morgan fingerprint density at radius 3 is 2.52 bits per heavy atom. The lowest BCUT2D eigenvalue weighted by molar-refractivity contribution is -0.385. The van der Waals surface area contributed by atoms with E-state index < -0.39 is 17.4 Å². The number of anilines is 2. The van der Waals surface area contributed by atoms with Gasteiger partial charge in [0.15, 0.2) is 12.4 Å². The zero-order valence-corrected chi connectivity index (χ0v) is 16.3. The third kappa shape index (κ3) is 6.49. The van der Waals surface area contributed by atoms with Crippen molar-refractivity contribution in [3.8, 4) is 11.5 Å². The lowest BCUT2D eigenvalue weighted by atomic mass is 10.2. The van der Waals surface area contributed by atoms with Crippen LogP contribution in [0.25, 0.3) is 0 Å². The minimum Gasteiger partial charge on any atom is -0.494 e. The molecular formula is C20H23N3O6. The number of nitro groups is 1. The van der Waals surface area contributed by atoms with Crippen LogP contribution in [0.3, 0.4) is 0 Å². The summed E-state index contributed by atoms with van der Waals surface area (Å²) in [5, 5.41) is 16.4. The first kappa shape index (κ1) is 21.7. The van der Waals surface area contributed by atoms with Gasteiger partial charge < -0.3 is 20.1 Å². The number of benzene rings is 2. The van der Waals surface area contributed by atoms with Crippen molar-refractivity contribution in [2.75, 3.05) is 24.4 Å². The van der Waals surface area contributed by atoms with Crippen molar-refractivity contribution >= 4 is 28.9 Å². The van der Waals surface area contributed by atoms with Gasteiger partial charge in [0.05, 0.1) is 17.7 Å². The van der Waals surface area contributed by atoms with Crippen molar-refractivity contribution in [1.29, 1.82) is 0 Å². The maximum atomic E-state index is 12.1. The second-order valence-electron chi connectivity index (χ2n) is 6.13. The third-order valence-corrected chi connectivity index (χ3v) is 3.94. The van der Waals surface area contributed by atoms with Gasteiger partial charge in [-0.3, -0.25) is 19.7 Å². The number of ether oxygens (including phenoxy) is 2. The number of hydrogen-bond acceptors (Lipinski definition) is 6. The Morgan fingerprint density at radius 1 is 1.07 bits per heavy atom. The summed E-state index contributed by atoms with van der Waals surface area (Å²) < 4.78 is 10.5. The second kappa shape index (κ2) is 10.6. The van der Waals surface area contributed by atoms with Crippen molar-refractivity contribution in [2.24, 2.45) is 0 Å². The molecule has 2 rings (SSSR count). The molecule has 9 heteroatoms. The van der Waals surface area contributed by atoms with Gasteiger partial charge in [0, 0.05) is 24.2 Å². The summed E-state index contributed by atoms with van der Waals surface area (Å²) in [4.78, 5) is 34.4. The van der Waals surface area contributed by atoms with Crippen LogP contribution in [0.4, 0.5) is 17.1 Å². The number of nitrogens with one attached hydrogen (secondary N) is 2. The van der Waals surface area contributed by atoms with Crippen LogP contribution in [-0.4, -0.2) is 30.5 Å². The molecule has 2 aromatic rings. The lowest BCUT2D eigenvalue weighted by Gasteiger charge is -2.13. The normalized spacial score (nSPS) is 10.1. The summed E-state index contributed by atoms with van der Waals surface area (Å²) in [5.74, 6) is -0.202. The summed E-state index contributed by atoms with van der Waals surface area (Å²) in [6.07, 6.45) is 2.13. The minimum absolute atomic E-state index is 0.00960. The smallest absolute Gasteiger partial charge is 0.310 e. The summed E-state index contributed by atoms with van der Waals surface area (Å²) in [6.45, 7) is 1.60. The van der Waals surface area contributed by atoms with Gasteiger partial charge in [-0.1, -0.05) is 25.5 Å². The molecule has 29 heavy (non-hydrogen) atoms. The summed E-state index contributed by atoms with van der Waals surface area (Å²) in [7, 11) is 1.46. The molecule has 0 radical (unpaired) electrons. The van der Waals surface area contributed by atoms with Crippen LogP contribution < -0.4 is 20.1 Å². The number of carbonyl (C=O) groups is 2. The van der Waals surface area contributed by atoms with Crippen LogP contribution in [0.15, 0.2) is 42.5 Å². The van der Waals surface area contributed by atoms with Gasteiger partial charge in [-0.05, 0) is 24.6 Å². The lowest BCUT2D eigenvalue weighted by Crippen LogP contribution is -2.20. The van der Waals surface area contributed by atoms with Crippen molar-refractivity contribution in [3.63, 3.8) is 0 Å². The largest absolute Gasteiger partial charge is 0.494 e. The molecule has 0 heterocycles. The van der Waals surface area contributed by atoms with E-state index in [0.29, 0.717) is 23.5 Å². The Balaban J connectivity index is 1.98. The highest BCUT2D eigenvalue weighted by molar-refractivity contribution is 5.95. The number of hydrogen-bond donors (Lipinski definition) is 2. The van der Waals surface area contributed by atoms with Crippen molar-refractivity contribution in [3.05, 3.63) is 52.6 Å². The summed E-state index contributed by atoms with van der Waals surface area (Å²) in [6, 6.07) is 10.6. The molecule has 0 saturated carbocycles. The van der Waals surface area contributed by atoms with E-state index in [1.807, 2.05) is 6.92 Å². The summed E-state index contributed by atoms with van der Waals surface area (Å²) in [5.41, 5.74) is 0.720. The first-order valence-electron chi connectivity index (χ1n) is 9.08. The molecular weight excluding hydrogens is 378 g/mol. The molecule has 2 amide bonds. The van der Waals surface area contributed by atoms with Gasteiger partial charge in [-0.2, -0.15) is 0 Å². The Kier molecular flexibility index (Phi) is 7.96. The van der Waals surface area contributed by atoms with Crippen LogP contribution in [-0.2, 0) is 9.59 Å². The number of methoxy groups -OCH3 is 1. The predicted molar refractivity (Wildman–Crippen MR) is 108 cm³/mol. The minimum atomic E-state index is -0.578. The average molecular weight is 401 g/mol. The maximum Gasteiger partial charge on any atom is 0.310 e. The molecule has 0 aromatic heterocycles. The highest BCUT2D eigenvalue weighted by Gasteiger charge is 2.15. The molecule has 2 aromatic carbocycles. The fraction of sp³-hybridized carbons (Fsp3) is 0.300. The Bertz CT molecular complexity index is 884. The van der Waals surface area contributed by atoms with Crippen LogP contribution >= 0.6 is 0 Å². The van der Waals surface area contributed by atoms with Crippen LogP contribution in [0, 0.1) is 10.1 Å². The van der Waals surface area contributed by atoms with Crippen molar-refractivity contribution in [1.82, 2.24) is 0 Å². The van der Waals surface area contributed by atoms with Crippen LogP contribution in [0.2, 0.25) is 0 Å². The SMILES string of the molecule is CCCCC(=O)Nc1ccc(NC(=O)COc2ccccc2[N+](=O)[O-])cc1OC. The molecule has 0 fully saturated rings. The van der Waals surface area contributed by atoms with Gasteiger partial charge in [0.1, 0.15) is 5.75 Å². The Labute approximate surface area is 168 Å². The van der Waals surface area contributed by atoms with E-state index in [2.05, 4.69) is 10.6 Å². The first-order chi connectivity index (χ1) is 13.9. The third-order valence-electron chi connectivity index (χ3n) is 3.94. The first-order valence-corrected chi connectivity index (χ1v) is 9.08. The molecule has 0 aliphatic carbocycles. The van der Waals surface area contributed by atoms with E-state index in [4.69, 9.17) is 9.47 Å². The van der Waals surface area contributed by atoms with E-state index in [1.165, 1.54) is 25.3 Å². The van der Waals surface area contributed by atoms with Gasteiger partial charge in [0.2, 0.25) is 5.91 Å². The fourth-order valence-electron chi connectivity index (χ4n) is 2.49. The topological polar surface area (TPSA) is 120 Å². The number of nitrogens with zero attached hydrogens (tertiary/aromatic N) is 1. The zero-order valence-electron chi connectivity index (χ0n) is 16.3. The quantitative estimate of drug-likeness (QED) is 0.462. The predicted octanol–water partition coefficient (Wildman–Crippen LogP) is 3.75. The number of carbonyl (C=O) groups excluding carboxylic acids is 2. The van der Waals surface area contributed by atoms with Crippen molar-refractivity contribution in [2.45, 2.75) is 26.2 Å². The van der Waals surface area contributed by atoms with E-state index in [9.17, 15) is 19.7 Å². The molecule has 2 N–H and O–H groups in total.